The maximum atomic E-state index is 11.6. The molecule has 110 valence electrons. The zero-order valence-electron chi connectivity index (χ0n) is 11.7. The van der Waals surface area contributed by atoms with E-state index >= 15 is 0 Å². The van der Waals surface area contributed by atoms with Gasteiger partial charge in [0.15, 0.2) is 0 Å². The Bertz CT molecular complexity index is 465. The number of carbonyl (C=O) groups excluding carboxylic acids is 1. The maximum Gasteiger partial charge on any atom is 0.248 e. The Labute approximate surface area is 123 Å². The lowest BCUT2D eigenvalue weighted by Gasteiger charge is -2.41. The summed E-state index contributed by atoms with van der Waals surface area (Å²) in [5, 5.41) is 2.10. The van der Waals surface area contributed by atoms with Crippen molar-refractivity contribution in [2.24, 2.45) is 0 Å². The van der Waals surface area contributed by atoms with Gasteiger partial charge in [0.2, 0.25) is 5.91 Å². The van der Waals surface area contributed by atoms with E-state index in [9.17, 15) is 4.79 Å². The molecule has 6 heteroatoms. The molecular formula is C14H20N2O3S. The maximum absolute atomic E-state index is 11.6. The highest BCUT2D eigenvalue weighted by Gasteiger charge is 2.41. The van der Waals surface area contributed by atoms with Gasteiger partial charge in [-0.3, -0.25) is 9.69 Å². The molecule has 0 bridgehead atoms. The quantitative estimate of drug-likeness (QED) is 0.810. The topological polar surface area (TPSA) is 42.0 Å². The minimum Gasteiger partial charge on any atom is -0.377 e. The van der Waals surface area contributed by atoms with Crippen molar-refractivity contribution in [1.29, 1.82) is 0 Å². The van der Waals surface area contributed by atoms with Crippen LogP contribution in [0.15, 0.2) is 17.5 Å². The Kier molecular flexibility index (Phi) is 4.07. The highest BCUT2D eigenvalue weighted by molar-refractivity contribution is 7.09. The number of amides is 1. The number of hydrogen-bond donors (Lipinski definition) is 0. The minimum absolute atomic E-state index is 0.0460. The first-order chi connectivity index (χ1) is 9.67. The van der Waals surface area contributed by atoms with E-state index in [2.05, 4.69) is 22.4 Å². The largest absolute Gasteiger partial charge is 0.377 e. The minimum atomic E-state index is -0.379. The van der Waals surface area contributed by atoms with Crippen LogP contribution in [0.3, 0.4) is 0 Å². The van der Waals surface area contributed by atoms with Crippen molar-refractivity contribution in [3.8, 4) is 0 Å². The van der Waals surface area contributed by atoms with Crippen molar-refractivity contribution in [2.75, 3.05) is 46.5 Å². The molecule has 2 saturated heterocycles. The molecule has 1 amide bonds. The molecule has 0 radical (unpaired) electrons. The molecule has 3 rings (SSSR count). The van der Waals surface area contributed by atoms with Crippen LogP contribution in [-0.4, -0.2) is 67.8 Å². The lowest BCUT2D eigenvalue weighted by atomic mass is 10.0. The summed E-state index contributed by atoms with van der Waals surface area (Å²) < 4.78 is 11.6. The Morgan fingerprint density at radius 1 is 1.45 bits per heavy atom. The Balaban J connectivity index is 1.70. The van der Waals surface area contributed by atoms with Crippen LogP contribution in [0.1, 0.15) is 4.88 Å². The molecule has 2 aliphatic heterocycles. The molecule has 0 aromatic carbocycles. The Hall–Kier alpha value is -0.950. The molecule has 20 heavy (non-hydrogen) atoms. The van der Waals surface area contributed by atoms with Crippen LogP contribution >= 0.6 is 11.3 Å². The van der Waals surface area contributed by atoms with Crippen LogP contribution in [0, 0.1) is 0 Å². The number of thiophene rings is 1. The van der Waals surface area contributed by atoms with Crippen molar-refractivity contribution in [3.63, 3.8) is 0 Å². The molecule has 5 nitrogen and oxygen atoms in total. The van der Waals surface area contributed by atoms with Crippen molar-refractivity contribution in [3.05, 3.63) is 22.4 Å². The van der Waals surface area contributed by atoms with E-state index in [1.54, 1.807) is 16.2 Å². The summed E-state index contributed by atoms with van der Waals surface area (Å²) in [6, 6.07) is 4.23. The van der Waals surface area contributed by atoms with E-state index in [1.165, 1.54) is 4.88 Å². The first-order valence-corrected chi connectivity index (χ1v) is 7.75. The van der Waals surface area contributed by atoms with Crippen LogP contribution in [0.5, 0.6) is 0 Å². The van der Waals surface area contributed by atoms with Gasteiger partial charge < -0.3 is 14.4 Å². The zero-order chi connectivity index (χ0) is 14.0. The van der Waals surface area contributed by atoms with Crippen LogP contribution < -0.4 is 0 Å². The lowest BCUT2D eigenvalue weighted by molar-refractivity contribution is -0.170. The number of hydrogen-bond acceptors (Lipinski definition) is 5. The number of morpholine rings is 1. The zero-order valence-corrected chi connectivity index (χ0v) is 12.5. The first kappa shape index (κ1) is 14.0. The highest BCUT2D eigenvalue weighted by atomic mass is 32.1. The summed E-state index contributed by atoms with van der Waals surface area (Å²) in [6.07, 6.45) is 0. The van der Waals surface area contributed by atoms with Crippen LogP contribution in [-0.2, 0) is 20.8 Å². The Morgan fingerprint density at radius 2 is 2.35 bits per heavy atom. The fraction of sp³-hybridized carbons (Fsp3) is 0.643. The number of carbonyl (C=O) groups is 1. The summed E-state index contributed by atoms with van der Waals surface area (Å²) in [7, 11) is 1.83. The smallest absolute Gasteiger partial charge is 0.248 e. The van der Waals surface area contributed by atoms with Crippen molar-refractivity contribution < 1.29 is 14.3 Å². The summed E-state index contributed by atoms with van der Waals surface area (Å²) in [5.41, 5.74) is -0.379. The third-order valence-electron chi connectivity index (χ3n) is 3.84. The van der Waals surface area contributed by atoms with Crippen LogP contribution in [0.4, 0.5) is 0 Å². The fourth-order valence-corrected chi connectivity index (χ4v) is 3.56. The van der Waals surface area contributed by atoms with E-state index in [1.807, 2.05) is 7.05 Å². The van der Waals surface area contributed by atoms with Gasteiger partial charge in [0, 0.05) is 31.6 Å². The van der Waals surface area contributed by atoms with E-state index < -0.39 is 0 Å². The molecule has 0 N–H and O–H groups in total. The van der Waals surface area contributed by atoms with Gasteiger partial charge in [-0.1, -0.05) is 6.07 Å². The number of ether oxygens (including phenoxy) is 2. The van der Waals surface area contributed by atoms with Gasteiger partial charge in [0.25, 0.3) is 0 Å². The summed E-state index contributed by atoms with van der Waals surface area (Å²) in [5.74, 6) is 0.0460. The second-order valence-electron chi connectivity index (χ2n) is 5.56. The molecule has 0 unspecified atom stereocenters. The molecule has 1 aromatic rings. The van der Waals surface area contributed by atoms with Crippen molar-refractivity contribution in [1.82, 2.24) is 9.80 Å². The number of rotatable bonds is 2. The molecule has 1 aromatic heterocycles. The second-order valence-corrected chi connectivity index (χ2v) is 6.60. The van der Waals surface area contributed by atoms with E-state index in [0.29, 0.717) is 19.8 Å². The molecule has 2 aliphatic rings. The standard InChI is InChI=1S/C14H20N2O3S/c1-15-9-14(19-8-13(15)17)10-16(4-5-18-11-14)7-12-3-2-6-20-12/h2-3,6H,4-5,7-11H2,1H3/t14-/m0/s1. The molecule has 1 spiro atoms. The average Bonchev–Trinajstić information content (AvgIpc) is 2.85. The van der Waals surface area contributed by atoms with Gasteiger partial charge >= 0.3 is 0 Å². The lowest BCUT2D eigenvalue weighted by Crippen LogP contribution is -2.59. The number of likely N-dealkylation sites (N-methyl/N-ethyl adjacent to an activating group) is 1. The monoisotopic (exact) mass is 296 g/mol. The van der Waals surface area contributed by atoms with Gasteiger partial charge in [-0.25, -0.2) is 0 Å². The predicted octanol–water partition coefficient (Wildman–Crippen LogP) is 0.808. The van der Waals surface area contributed by atoms with E-state index in [4.69, 9.17) is 9.47 Å². The van der Waals surface area contributed by atoms with E-state index in [-0.39, 0.29) is 18.1 Å². The Morgan fingerprint density at radius 3 is 3.10 bits per heavy atom. The summed E-state index contributed by atoms with van der Waals surface area (Å²) in [6.45, 7) is 4.67. The molecule has 1 atom stereocenters. The first-order valence-electron chi connectivity index (χ1n) is 6.87. The second kappa shape index (κ2) is 5.81. The molecule has 0 saturated carbocycles. The van der Waals surface area contributed by atoms with Gasteiger partial charge in [0.1, 0.15) is 12.2 Å². The molecular weight excluding hydrogens is 276 g/mol. The average molecular weight is 296 g/mol. The normalized spacial score (nSPS) is 28.9. The SMILES string of the molecule is CN1C[C@]2(COCCN(Cc3cccs3)C2)OCC1=O. The van der Waals surface area contributed by atoms with E-state index in [0.717, 1.165) is 19.6 Å². The fourth-order valence-electron chi connectivity index (χ4n) is 2.82. The molecule has 3 heterocycles. The molecule has 2 fully saturated rings. The van der Waals surface area contributed by atoms with Crippen LogP contribution in [0.2, 0.25) is 0 Å². The van der Waals surface area contributed by atoms with Gasteiger partial charge in [-0.15, -0.1) is 11.3 Å². The predicted molar refractivity (Wildman–Crippen MR) is 76.7 cm³/mol. The van der Waals surface area contributed by atoms with Crippen molar-refractivity contribution in [2.45, 2.75) is 12.1 Å². The third-order valence-corrected chi connectivity index (χ3v) is 4.70. The highest BCUT2D eigenvalue weighted by Crippen LogP contribution is 2.24. The molecule has 0 aliphatic carbocycles. The van der Waals surface area contributed by atoms with Gasteiger partial charge in [-0.2, -0.15) is 0 Å². The summed E-state index contributed by atoms with van der Waals surface area (Å²) in [4.78, 5) is 17.1. The van der Waals surface area contributed by atoms with Gasteiger partial charge in [-0.05, 0) is 11.4 Å². The summed E-state index contributed by atoms with van der Waals surface area (Å²) >= 11 is 1.77. The third kappa shape index (κ3) is 3.03. The van der Waals surface area contributed by atoms with Gasteiger partial charge in [0.05, 0.1) is 19.8 Å². The van der Waals surface area contributed by atoms with Crippen molar-refractivity contribution >= 4 is 17.2 Å². The number of nitrogens with zero attached hydrogens (tertiary/aromatic N) is 2. The van der Waals surface area contributed by atoms with Crippen LogP contribution in [0.25, 0.3) is 0 Å².